The molecule has 0 atom stereocenters. The van der Waals surface area contributed by atoms with Gasteiger partial charge in [0.25, 0.3) is 18.4 Å². The summed E-state index contributed by atoms with van der Waals surface area (Å²) in [5.74, 6) is 0. The van der Waals surface area contributed by atoms with Crippen LogP contribution in [-0.2, 0) is 30.1 Å². The Kier molecular flexibility index (Phi) is 19.0. The Hall–Kier alpha value is -3.89. The minimum absolute atomic E-state index is 0. The highest BCUT2D eigenvalue weighted by atomic mass is 19.3. The van der Waals surface area contributed by atoms with Crippen molar-refractivity contribution in [3.8, 4) is 0 Å². The van der Waals surface area contributed by atoms with E-state index in [1.54, 1.807) is 41.2 Å². The molecule has 0 N–H and O–H groups in total. The third-order valence-electron chi connectivity index (χ3n) is 8.87. The molecule has 2 heterocycles. The van der Waals surface area contributed by atoms with Crippen molar-refractivity contribution >= 4 is 12.2 Å². The van der Waals surface area contributed by atoms with Gasteiger partial charge in [0.15, 0.2) is 0 Å². The van der Waals surface area contributed by atoms with E-state index in [0.29, 0.717) is 51.9 Å². The second-order valence-electron chi connectivity index (χ2n) is 14.9. The van der Waals surface area contributed by atoms with Crippen LogP contribution in [-0.4, -0.2) is 79.7 Å². The minimum atomic E-state index is -2.52. The number of amides is 2. The second-order valence-corrected chi connectivity index (χ2v) is 14.9. The molecule has 54 heavy (non-hydrogen) atoms. The van der Waals surface area contributed by atoms with E-state index in [4.69, 9.17) is 25.5 Å². The van der Waals surface area contributed by atoms with Gasteiger partial charge in [-0.2, -0.15) is 0 Å². The number of carbonyl (C=O) groups is 2. The number of methoxy groups -OCH3 is 1. The summed E-state index contributed by atoms with van der Waals surface area (Å²) < 4.78 is 72.1. The largest absolute Gasteiger partial charge is 0.444 e. The lowest BCUT2D eigenvalue weighted by molar-refractivity contribution is -0.0651. The van der Waals surface area contributed by atoms with E-state index in [1.165, 1.54) is 24.3 Å². The molecule has 0 aromatic heterocycles. The van der Waals surface area contributed by atoms with Crippen molar-refractivity contribution in [1.82, 2.24) is 9.80 Å². The lowest BCUT2D eigenvalue weighted by Gasteiger charge is -2.41. The molecule has 0 bridgehead atoms. The lowest BCUT2D eigenvalue weighted by atomic mass is 9.81. The van der Waals surface area contributed by atoms with E-state index in [-0.39, 0.29) is 30.7 Å². The molecule has 2 amide bonds. The van der Waals surface area contributed by atoms with Gasteiger partial charge in [0.05, 0.1) is 5.60 Å². The third kappa shape index (κ3) is 14.4. The van der Waals surface area contributed by atoms with Crippen LogP contribution in [0.4, 0.5) is 27.2 Å². The number of benzene rings is 2. The molecule has 2 aromatic carbocycles. The highest BCUT2D eigenvalue weighted by Crippen LogP contribution is 2.39. The fraction of sp³-hybridized carbons (Fsp3) is 0.634. The van der Waals surface area contributed by atoms with Crippen molar-refractivity contribution in [2.45, 2.75) is 124 Å². The zero-order chi connectivity index (χ0) is 40.0. The second kappa shape index (κ2) is 21.3. The van der Waals surface area contributed by atoms with Gasteiger partial charge < -0.3 is 33.6 Å². The Bertz CT molecular complexity index is 1450. The summed E-state index contributed by atoms with van der Waals surface area (Å²) in [6.45, 7) is 26.0. The zero-order valence-corrected chi connectivity index (χ0v) is 32.6. The van der Waals surface area contributed by atoms with Crippen LogP contribution < -0.4 is 0 Å². The average molecular weight is 768 g/mol. The predicted molar refractivity (Wildman–Crippen MR) is 203 cm³/mol. The fourth-order valence-electron chi connectivity index (χ4n) is 5.91. The Morgan fingerprint density at radius 1 is 0.704 bits per heavy atom. The first-order chi connectivity index (χ1) is 24.7. The summed E-state index contributed by atoms with van der Waals surface area (Å²) in [6.07, 6.45) is -3.60. The Labute approximate surface area is 320 Å². The van der Waals surface area contributed by atoms with Crippen LogP contribution in [0.1, 0.15) is 124 Å². The van der Waals surface area contributed by atoms with Crippen LogP contribution in [0.5, 0.6) is 0 Å². The molecule has 4 rings (SSSR count). The van der Waals surface area contributed by atoms with Crippen LogP contribution in [0.25, 0.3) is 4.85 Å². The van der Waals surface area contributed by atoms with Gasteiger partial charge in [0.1, 0.15) is 11.2 Å². The maximum atomic E-state index is 12.7. The molecule has 2 aromatic rings. The van der Waals surface area contributed by atoms with Crippen molar-refractivity contribution in [1.29, 1.82) is 0 Å². The molecule has 13 heteroatoms. The molecule has 0 spiro atoms. The van der Waals surface area contributed by atoms with Crippen molar-refractivity contribution in [2.75, 3.05) is 46.5 Å². The molecule has 0 unspecified atom stereocenters. The molecular formula is C41H61F4N3O6. The maximum Gasteiger partial charge on any atom is 0.410 e. The van der Waals surface area contributed by atoms with Crippen molar-refractivity contribution < 1.29 is 46.1 Å². The Morgan fingerprint density at radius 2 is 1.06 bits per heavy atom. The van der Waals surface area contributed by atoms with Crippen molar-refractivity contribution in [3.05, 3.63) is 82.2 Å². The molecule has 2 fully saturated rings. The SMILES string of the molecule is C.CCOCC.COC1(c2ccc(C(F)F)cc2)CCN(C(=O)OC(C)(C)C)CC1.[C-]#[N+]C1(c2ccc(C(F)F)cc2)CCN(C(=O)OC(C)(C)C)CC1. The first kappa shape index (κ1) is 48.1. The Morgan fingerprint density at radius 3 is 1.33 bits per heavy atom. The van der Waals surface area contributed by atoms with E-state index >= 15 is 0 Å². The zero-order valence-electron chi connectivity index (χ0n) is 32.6. The van der Waals surface area contributed by atoms with Crippen LogP contribution in [0.3, 0.4) is 0 Å². The molecule has 2 aliphatic heterocycles. The molecule has 0 saturated carbocycles. The number of hydrogen-bond acceptors (Lipinski definition) is 6. The van der Waals surface area contributed by atoms with Gasteiger partial charge in [-0.3, -0.25) is 0 Å². The standard InChI is InChI=1S/C18H22F2N2O2.C18H25F2NO3.C4H10O.CH4/c1-17(2,3)24-16(23)22-11-9-18(21-4,10-12-22)14-7-5-13(6-8-14)15(19)20;1-17(2,3)24-16(22)21-11-9-18(23-4,10-12-21)14-7-5-13(6-8-14)15(19)20;1-3-5-4-2;/h5-8,15H,9-12H2,1-3H3;5-8,15H,9-12H2,1-4H3;3-4H2,1-2H3;1H4. The summed E-state index contributed by atoms with van der Waals surface area (Å²) >= 11 is 0. The summed E-state index contributed by atoms with van der Waals surface area (Å²) in [7, 11) is 1.62. The number of likely N-dealkylation sites (tertiary alicyclic amines) is 2. The fourth-order valence-corrected chi connectivity index (χ4v) is 5.91. The number of alkyl halides is 4. The smallest absolute Gasteiger partial charge is 0.410 e. The molecular weight excluding hydrogens is 706 g/mol. The monoisotopic (exact) mass is 767 g/mol. The number of carbonyl (C=O) groups excluding carboxylic acids is 2. The number of piperidine rings is 2. The van der Waals surface area contributed by atoms with Gasteiger partial charge in [0, 0.05) is 76.0 Å². The maximum absolute atomic E-state index is 12.7. The number of halogens is 4. The van der Waals surface area contributed by atoms with Gasteiger partial charge in [-0.25, -0.2) is 33.7 Å². The highest BCUT2D eigenvalue weighted by molar-refractivity contribution is 5.68. The van der Waals surface area contributed by atoms with Crippen LogP contribution >= 0.6 is 0 Å². The lowest BCUT2D eigenvalue weighted by Crippen LogP contribution is -2.47. The quantitative estimate of drug-likeness (QED) is 0.206. The van der Waals surface area contributed by atoms with E-state index in [1.807, 2.05) is 55.4 Å². The number of rotatable bonds is 7. The van der Waals surface area contributed by atoms with Crippen molar-refractivity contribution in [2.24, 2.45) is 0 Å². The molecule has 9 nitrogen and oxygen atoms in total. The van der Waals surface area contributed by atoms with E-state index in [0.717, 1.165) is 24.3 Å². The topological polar surface area (TPSA) is 81.9 Å². The van der Waals surface area contributed by atoms with E-state index < -0.39 is 35.2 Å². The van der Waals surface area contributed by atoms with E-state index in [2.05, 4.69) is 4.85 Å². The molecule has 2 saturated heterocycles. The summed E-state index contributed by atoms with van der Waals surface area (Å²) in [5, 5.41) is 0. The average Bonchev–Trinajstić information content (AvgIpc) is 3.11. The van der Waals surface area contributed by atoms with Crippen LogP contribution in [0.2, 0.25) is 0 Å². The predicted octanol–water partition coefficient (Wildman–Crippen LogP) is 10.9. The van der Waals surface area contributed by atoms with Gasteiger partial charge in [-0.15, -0.1) is 0 Å². The first-order valence-corrected chi connectivity index (χ1v) is 18.0. The number of hydrogen-bond donors (Lipinski definition) is 0. The Balaban J connectivity index is 0.000000472. The van der Waals surface area contributed by atoms with Gasteiger partial charge >= 0.3 is 12.2 Å². The summed E-state index contributed by atoms with van der Waals surface area (Å²) in [6, 6.07) is 12.2. The molecule has 0 aliphatic carbocycles. The summed E-state index contributed by atoms with van der Waals surface area (Å²) in [5.41, 5.74) is -0.877. The van der Waals surface area contributed by atoms with Gasteiger partial charge in [-0.05, 0) is 73.8 Å². The summed E-state index contributed by atoms with van der Waals surface area (Å²) in [4.78, 5) is 31.3. The van der Waals surface area contributed by atoms with E-state index in [9.17, 15) is 27.2 Å². The number of nitrogens with zero attached hydrogens (tertiary/aromatic N) is 3. The molecule has 304 valence electrons. The van der Waals surface area contributed by atoms with Gasteiger partial charge in [-0.1, -0.05) is 56.0 Å². The third-order valence-corrected chi connectivity index (χ3v) is 8.87. The normalized spacial score (nSPS) is 16.5. The highest BCUT2D eigenvalue weighted by Gasteiger charge is 2.44. The van der Waals surface area contributed by atoms with Crippen molar-refractivity contribution in [3.63, 3.8) is 0 Å². The first-order valence-electron chi connectivity index (χ1n) is 18.0. The van der Waals surface area contributed by atoms with Crippen LogP contribution in [0.15, 0.2) is 48.5 Å². The molecule has 0 radical (unpaired) electrons. The van der Waals surface area contributed by atoms with Crippen LogP contribution in [0, 0.1) is 6.57 Å². The number of ether oxygens (including phenoxy) is 4. The minimum Gasteiger partial charge on any atom is -0.444 e. The molecule has 2 aliphatic rings. The van der Waals surface area contributed by atoms with Gasteiger partial charge in [0.2, 0.25) is 0 Å².